The van der Waals surface area contributed by atoms with Gasteiger partial charge in [0.25, 0.3) is 6.71 Å². The molecule has 1 nitrogen and oxygen atoms in total. The van der Waals surface area contributed by atoms with Crippen molar-refractivity contribution in [2.24, 2.45) is 0 Å². The summed E-state index contributed by atoms with van der Waals surface area (Å²) in [7, 11) is 0.946. The van der Waals surface area contributed by atoms with Crippen LogP contribution in [-0.4, -0.2) is 13.8 Å². The van der Waals surface area contributed by atoms with Gasteiger partial charge in [0.2, 0.25) is 0 Å². The normalized spacial score (nSPS) is 10.9. The zero-order chi connectivity index (χ0) is 21.5. The molecular formula is C19H9BF8O. The fourth-order valence-corrected chi connectivity index (χ4v) is 3.08. The second-order valence-electron chi connectivity index (χ2n) is 6.02. The summed E-state index contributed by atoms with van der Waals surface area (Å²) in [5.41, 5.74) is -2.54. The molecule has 29 heavy (non-hydrogen) atoms. The number of rotatable bonds is 4. The third-order valence-electron chi connectivity index (χ3n) is 4.22. The van der Waals surface area contributed by atoms with Gasteiger partial charge < -0.3 is 4.74 Å². The van der Waals surface area contributed by atoms with E-state index in [2.05, 4.69) is 0 Å². The van der Waals surface area contributed by atoms with Crippen LogP contribution in [0.2, 0.25) is 0 Å². The quantitative estimate of drug-likeness (QED) is 0.361. The fourth-order valence-electron chi connectivity index (χ4n) is 3.08. The third-order valence-corrected chi connectivity index (χ3v) is 4.22. The minimum absolute atomic E-state index is 0.182. The summed E-state index contributed by atoms with van der Waals surface area (Å²) in [6.07, 6.45) is 0. The van der Waals surface area contributed by atoms with Crippen LogP contribution in [0.15, 0.2) is 36.4 Å². The maximum absolute atomic E-state index is 14.5. The largest absolute Gasteiger partial charge is 0.494 e. The molecule has 0 heterocycles. The Kier molecular flexibility index (Phi) is 5.54. The predicted octanol–water partition coefficient (Wildman–Crippen LogP) is 3.32. The second kappa shape index (κ2) is 7.77. The lowest BCUT2D eigenvalue weighted by molar-refractivity contribution is 0.387. The van der Waals surface area contributed by atoms with Crippen LogP contribution < -0.4 is 21.1 Å². The molecule has 0 saturated heterocycles. The summed E-state index contributed by atoms with van der Waals surface area (Å²) in [5, 5.41) is 0. The van der Waals surface area contributed by atoms with E-state index in [0.717, 1.165) is 7.11 Å². The molecule has 0 radical (unpaired) electrons. The number of methoxy groups -OCH3 is 1. The summed E-state index contributed by atoms with van der Waals surface area (Å²) in [4.78, 5) is 0. The van der Waals surface area contributed by atoms with Crippen LogP contribution in [0.25, 0.3) is 0 Å². The Morgan fingerprint density at radius 3 is 1.34 bits per heavy atom. The molecular weight excluding hydrogens is 407 g/mol. The Labute approximate surface area is 159 Å². The van der Waals surface area contributed by atoms with Crippen LogP contribution in [0, 0.1) is 46.5 Å². The fraction of sp³-hybridized carbons (Fsp3) is 0.0526. The lowest BCUT2D eigenvalue weighted by atomic mass is 9.36. The summed E-state index contributed by atoms with van der Waals surface area (Å²) in [6, 6.07) is 2.19. The number of halogens is 8. The highest BCUT2D eigenvalue weighted by atomic mass is 19.2. The lowest BCUT2D eigenvalue weighted by Gasteiger charge is -2.20. The Morgan fingerprint density at radius 2 is 0.931 bits per heavy atom. The average molecular weight is 416 g/mol. The van der Waals surface area contributed by atoms with Crippen LogP contribution in [0.3, 0.4) is 0 Å². The number of hydrogen-bond acceptors (Lipinski definition) is 1. The van der Waals surface area contributed by atoms with Gasteiger partial charge in [-0.3, -0.25) is 0 Å². The van der Waals surface area contributed by atoms with Crippen LogP contribution >= 0.6 is 0 Å². The zero-order valence-corrected chi connectivity index (χ0v) is 14.5. The van der Waals surface area contributed by atoms with E-state index in [0.29, 0.717) is 24.3 Å². The molecule has 0 spiro atoms. The number of ether oxygens (including phenoxy) is 1. The monoisotopic (exact) mass is 416 g/mol. The second-order valence-corrected chi connectivity index (χ2v) is 6.02. The highest BCUT2D eigenvalue weighted by Gasteiger charge is 2.35. The molecule has 3 aromatic rings. The Bertz CT molecular complexity index is 1040. The molecule has 0 saturated carbocycles. The topological polar surface area (TPSA) is 9.23 Å². The van der Waals surface area contributed by atoms with Gasteiger partial charge in [-0.1, -0.05) is 0 Å². The average Bonchev–Trinajstić information content (AvgIpc) is 2.62. The van der Waals surface area contributed by atoms with Crippen LogP contribution in [0.5, 0.6) is 5.75 Å². The molecule has 0 fully saturated rings. The van der Waals surface area contributed by atoms with Gasteiger partial charge in [0.1, 0.15) is 23.2 Å². The van der Waals surface area contributed by atoms with E-state index in [9.17, 15) is 35.1 Å². The maximum Gasteiger partial charge on any atom is 0.254 e. The SMILES string of the molecule is COc1c(F)cc(F)cc1B(c1cc(F)cc(F)c1F)c1cc(F)cc(F)c1F. The van der Waals surface area contributed by atoms with E-state index < -0.39 is 75.4 Å². The van der Waals surface area contributed by atoms with E-state index >= 15 is 0 Å². The van der Waals surface area contributed by atoms with Gasteiger partial charge in [0, 0.05) is 18.2 Å². The molecule has 0 atom stereocenters. The summed E-state index contributed by atoms with van der Waals surface area (Å²) in [5.74, 6) is -12.7. The molecule has 3 rings (SSSR count). The van der Waals surface area contributed by atoms with Crippen molar-refractivity contribution in [3.63, 3.8) is 0 Å². The first kappa shape index (κ1) is 20.7. The highest BCUT2D eigenvalue weighted by molar-refractivity contribution is 6.96. The van der Waals surface area contributed by atoms with Crippen molar-refractivity contribution in [1.82, 2.24) is 0 Å². The molecule has 0 unspecified atom stereocenters. The van der Waals surface area contributed by atoms with Crippen molar-refractivity contribution in [2.45, 2.75) is 0 Å². The minimum atomic E-state index is -2.05. The number of benzene rings is 3. The van der Waals surface area contributed by atoms with Gasteiger partial charge in [0.05, 0.1) is 7.11 Å². The van der Waals surface area contributed by atoms with Crippen molar-refractivity contribution >= 4 is 23.1 Å². The number of hydrogen-bond donors (Lipinski definition) is 0. The molecule has 0 N–H and O–H groups in total. The first-order valence-electron chi connectivity index (χ1n) is 7.95. The first-order valence-corrected chi connectivity index (χ1v) is 7.95. The third kappa shape index (κ3) is 3.79. The molecule has 0 aliphatic rings. The zero-order valence-electron chi connectivity index (χ0n) is 14.5. The first-order chi connectivity index (χ1) is 13.6. The van der Waals surface area contributed by atoms with Gasteiger partial charge in [-0.15, -0.1) is 0 Å². The van der Waals surface area contributed by atoms with Gasteiger partial charge in [-0.05, 0) is 34.6 Å². The van der Waals surface area contributed by atoms with Gasteiger partial charge >= 0.3 is 0 Å². The lowest BCUT2D eigenvalue weighted by Crippen LogP contribution is -2.55. The molecule has 150 valence electrons. The van der Waals surface area contributed by atoms with Crippen LogP contribution in [0.4, 0.5) is 35.1 Å². The van der Waals surface area contributed by atoms with Crippen molar-refractivity contribution in [3.8, 4) is 5.75 Å². The van der Waals surface area contributed by atoms with E-state index in [-0.39, 0.29) is 12.1 Å². The molecule has 0 aromatic heterocycles. The maximum atomic E-state index is 14.5. The van der Waals surface area contributed by atoms with Gasteiger partial charge in [0.15, 0.2) is 29.1 Å². The van der Waals surface area contributed by atoms with Crippen molar-refractivity contribution in [2.75, 3.05) is 7.11 Å². The van der Waals surface area contributed by atoms with Crippen molar-refractivity contribution in [1.29, 1.82) is 0 Å². The Morgan fingerprint density at radius 1 is 0.552 bits per heavy atom. The summed E-state index contributed by atoms with van der Waals surface area (Å²) >= 11 is 0. The Hall–Kier alpha value is -3.04. The van der Waals surface area contributed by atoms with E-state index in [1.165, 1.54) is 0 Å². The standard InChI is InChI=1S/C19H9BF8O/c1-29-19-13(4-10(23)7-16(19)26)20(11-2-8(21)5-14(24)17(11)27)12-3-9(22)6-15(25)18(12)28/h2-7H,1H3. The van der Waals surface area contributed by atoms with Crippen molar-refractivity contribution in [3.05, 3.63) is 82.9 Å². The smallest absolute Gasteiger partial charge is 0.254 e. The van der Waals surface area contributed by atoms with Gasteiger partial charge in [-0.2, -0.15) is 0 Å². The minimum Gasteiger partial charge on any atom is -0.494 e. The molecule has 3 aromatic carbocycles. The van der Waals surface area contributed by atoms with E-state index in [1.807, 2.05) is 0 Å². The predicted molar refractivity (Wildman–Crippen MR) is 90.2 cm³/mol. The molecule has 0 aliphatic heterocycles. The molecule has 10 heteroatoms. The Balaban J connectivity index is 2.46. The molecule has 0 aliphatic carbocycles. The summed E-state index contributed by atoms with van der Waals surface area (Å²) in [6.45, 7) is -2.05. The van der Waals surface area contributed by atoms with Crippen molar-refractivity contribution < 1.29 is 39.9 Å². The van der Waals surface area contributed by atoms with Crippen LogP contribution in [-0.2, 0) is 0 Å². The van der Waals surface area contributed by atoms with Crippen LogP contribution in [0.1, 0.15) is 0 Å². The molecule has 0 bridgehead atoms. The van der Waals surface area contributed by atoms with E-state index in [4.69, 9.17) is 4.74 Å². The molecule has 0 amide bonds. The van der Waals surface area contributed by atoms with E-state index in [1.54, 1.807) is 0 Å². The highest BCUT2D eigenvalue weighted by Crippen LogP contribution is 2.19. The summed E-state index contributed by atoms with van der Waals surface area (Å²) < 4.78 is 117. The van der Waals surface area contributed by atoms with Gasteiger partial charge in [-0.25, -0.2) is 35.1 Å².